The van der Waals surface area contributed by atoms with Gasteiger partial charge in [-0.2, -0.15) is 0 Å². The lowest BCUT2D eigenvalue weighted by Gasteiger charge is -2.29. The normalized spacial score (nSPS) is 30.2. The van der Waals surface area contributed by atoms with Gasteiger partial charge < -0.3 is 4.74 Å². The third-order valence-corrected chi connectivity index (χ3v) is 3.24. The van der Waals surface area contributed by atoms with Crippen molar-refractivity contribution in [1.82, 2.24) is 0 Å². The minimum Gasteiger partial charge on any atom is -0.497 e. The third-order valence-electron chi connectivity index (χ3n) is 3.24. The van der Waals surface area contributed by atoms with E-state index in [-0.39, 0.29) is 5.41 Å². The zero-order valence-corrected chi connectivity index (χ0v) is 9.22. The molecule has 0 fully saturated rings. The van der Waals surface area contributed by atoms with Crippen LogP contribution in [0.2, 0.25) is 0 Å². The van der Waals surface area contributed by atoms with Crippen molar-refractivity contribution in [1.29, 1.82) is 0 Å². The van der Waals surface area contributed by atoms with E-state index in [0.717, 1.165) is 30.8 Å². The summed E-state index contributed by atoms with van der Waals surface area (Å²) in [6.07, 6.45) is 2.64. The summed E-state index contributed by atoms with van der Waals surface area (Å²) in [5.41, 5.74) is 1.10. The molecule has 0 aromatic heterocycles. The molecule has 78 valence electrons. The Hall–Kier alpha value is -0.790. The molecule has 2 rings (SSSR count). The molecule has 0 amide bonds. The summed E-state index contributed by atoms with van der Waals surface area (Å²) >= 11 is 0. The molecule has 1 aliphatic carbocycles. The summed E-state index contributed by atoms with van der Waals surface area (Å²) < 4.78 is 5.63. The van der Waals surface area contributed by atoms with Crippen molar-refractivity contribution >= 4 is 5.78 Å². The van der Waals surface area contributed by atoms with Gasteiger partial charge in [-0.1, -0.05) is 20.8 Å². The quantitative estimate of drug-likeness (QED) is 0.641. The molecule has 0 radical (unpaired) electrons. The lowest BCUT2D eigenvalue weighted by atomic mass is 9.74. The highest BCUT2D eigenvalue weighted by Gasteiger charge is 2.40. The molecule has 2 nitrogen and oxygen atoms in total. The Morgan fingerprint density at radius 1 is 1.43 bits per heavy atom. The Morgan fingerprint density at radius 2 is 2.14 bits per heavy atom. The highest BCUT2D eigenvalue weighted by Crippen LogP contribution is 2.43. The predicted octanol–water partition coefficient (Wildman–Crippen LogP) is 2.69. The first-order chi connectivity index (χ1) is 6.53. The molecule has 1 unspecified atom stereocenters. The maximum absolute atomic E-state index is 11.9. The Bertz CT molecular complexity index is 299. The van der Waals surface area contributed by atoms with E-state index < -0.39 is 0 Å². The van der Waals surface area contributed by atoms with Crippen LogP contribution in [0.25, 0.3) is 0 Å². The molecule has 1 atom stereocenters. The first kappa shape index (κ1) is 9.75. The van der Waals surface area contributed by atoms with E-state index in [1.165, 1.54) is 0 Å². The van der Waals surface area contributed by atoms with Crippen molar-refractivity contribution in [2.24, 2.45) is 11.3 Å². The third kappa shape index (κ3) is 1.47. The van der Waals surface area contributed by atoms with E-state index in [2.05, 4.69) is 20.8 Å². The molecule has 0 saturated carbocycles. The van der Waals surface area contributed by atoms with Crippen LogP contribution in [0, 0.1) is 11.3 Å². The molecular formula is C12H18O2. The minimum atomic E-state index is 0.0958. The van der Waals surface area contributed by atoms with Gasteiger partial charge >= 0.3 is 0 Å². The van der Waals surface area contributed by atoms with Crippen molar-refractivity contribution in [3.8, 4) is 0 Å². The van der Waals surface area contributed by atoms with Crippen LogP contribution in [0.4, 0.5) is 0 Å². The molecule has 2 aliphatic rings. The van der Waals surface area contributed by atoms with E-state index in [1.54, 1.807) is 0 Å². The van der Waals surface area contributed by atoms with Crippen LogP contribution in [0.15, 0.2) is 11.3 Å². The molecule has 0 saturated heterocycles. The van der Waals surface area contributed by atoms with Gasteiger partial charge in [-0.3, -0.25) is 4.79 Å². The van der Waals surface area contributed by atoms with E-state index in [1.807, 2.05) is 0 Å². The van der Waals surface area contributed by atoms with Gasteiger partial charge in [0.1, 0.15) is 5.76 Å². The maximum Gasteiger partial charge on any atom is 0.163 e. The highest BCUT2D eigenvalue weighted by molar-refractivity contribution is 5.98. The van der Waals surface area contributed by atoms with Gasteiger partial charge in [0.15, 0.2) is 5.78 Å². The number of carbonyl (C=O) groups excluding carboxylic acids is 1. The first-order valence-corrected chi connectivity index (χ1v) is 5.42. The summed E-state index contributed by atoms with van der Waals surface area (Å²) in [6, 6.07) is 0. The first-order valence-electron chi connectivity index (χ1n) is 5.42. The molecular weight excluding hydrogens is 176 g/mol. The summed E-state index contributed by atoms with van der Waals surface area (Å²) in [6.45, 7) is 7.12. The number of ether oxygens (including phenoxy) is 1. The second-order valence-electron chi connectivity index (χ2n) is 5.19. The van der Waals surface area contributed by atoms with E-state index in [9.17, 15) is 4.79 Å². The van der Waals surface area contributed by atoms with Gasteiger partial charge in [0.2, 0.25) is 0 Å². The Labute approximate surface area is 85.3 Å². The molecule has 0 spiro atoms. The van der Waals surface area contributed by atoms with E-state index in [4.69, 9.17) is 4.74 Å². The van der Waals surface area contributed by atoms with Gasteiger partial charge in [-0.15, -0.1) is 0 Å². The van der Waals surface area contributed by atoms with Crippen LogP contribution < -0.4 is 0 Å². The lowest BCUT2D eigenvalue weighted by Crippen LogP contribution is -2.26. The smallest absolute Gasteiger partial charge is 0.163 e. The van der Waals surface area contributed by atoms with Crippen LogP contribution in [0.5, 0.6) is 0 Å². The van der Waals surface area contributed by atoms with Crippen LogP contribution in [-0.4, -0.2) is 12.4 Å². The molecule has 0 bridgehead atoms. The second-order valence-corrected chi connectivity index (χ2v) is 5.19. The average molecular weight is 194 g/mol. The highest BCUT2D eigenvalue weighted by atomic mass is 16.5. The summed E-state index contributed by atoms with van der Waals surface area (Å²) in [5.74, 6) is 1.67. The fourth-order valence-corrected chi connectivity index (χ4v) is 2.47. The van der Waals surface area contributed by atoms with Crippen molar-refractivity contribution in [3.63, 3.8) is 0 Å². The van der Waals surface area contributed by atoms with Crippen LogP contribution in [0.3, 0.4) is 0 Å². The molecule has 1 heterocycles. The number of rotatable bonds is 1. The van der Waals surface area contributed by atoms with Gasteiger partial charge in [0.05, 0.1) is 6.61 Å². The molecule has 1 aliphatic heterocycles. The molecule has 0 aromatic carbocycles. The zero-order valence-electron chi connectivity index (χ0n) is 9.22. The number of ketones is 1. The molecule has 0 N–H and O–H groups in total. The Balaban J connectivity index is 2.31. The minimum absolute atomic E-state index is 0.0958. The van der Waals surface area contributed by atoms with Gasteiger partial charge in [-0.25, -0.2) is 0 Å². The topological polar surface area (TPSA) is 26.3 Å². The predicted molar refractivity (Wildman–Crippen MR) is 54.8 cm³/mol. The fourth-order valence-electron chi connectivity index (χ4n) is 2.47. The van der Waals surface area contributed by atoms with Crippen molar-refractivity contribution in [2.45, 2.75) is 40.0 Å². The summed E-state index contributed by atoms with van der Waals surface area (Å²) in [4.78, 5) is 11.9. The number of allylic oxidation sites excluding steroid dienone is 1. The summed E-state index contributed by atoms with van der Waals surface area (Å²) in [7, 11) is 0. The van der Waals surface area contributed by atoms with Gasteiger partial charge in [-0.05, 0) is 11.8 Å². The number of hydrogen-bond acceptors (Lipinski definition) is 2. The maximum atomic E-state index is 11.9. The number of hydrogen-bond donors (Lipinski definition) is 0. The van der Waals surface area contributed by atoms with E-state index >= 15 is 0 Å². The summed E-state index contributed by atoms with van der Waals surface area (Å²) in [5, 5.41) is 0. The lowest BCUT2D eigenvalue weighted by molar-refractivity contribution is -0.118. The van der Waals surface area contributed by atoms with Crippen LogP contribution in [-0.2, 0) is 9.53 Å². The van der Waals surface area contributed by atoms with Crippen LogP contribution in [0.1, 0.15) is 40.0 Å². The Morgan fingerprint density at radius 3 is 2.79 bits per heavy atom. The average Bonchev–Trinajstić information content (AvgIpc) is 2.44. The number of Topliss-reactive ketones (excluding diaryl/α,β-unsaturated/α-hetero) is 1. The molecule has 14 heavy (non-hydrogen) atoms. The van der Waals surface area contributed by atoms with Crippen molar-refractivity contribution in [2.75, 3.05) is 6.61 Å². The SMILES string of the molecule is CCC1COC2=C1C(=O)CC(C)(C)C2. The van der Waals surface area contributed by atoms with Gasteiger partial charge in [0, 0.05) is 24.3 Å². The van der Waals surface area contributed by atoms with Crippen molar-refractivity contribution in [3.05, 3.63) is 11.3 Å². The van der Waals surface area contributed by atoms with Crippen molar-refractivity contribution < 1.29 is 9.53 Å². The zero-order chi connectivity index (χ0) is 10.3. The standard InChI is InChI=1S/C12H18O2/c1-4-8-7-14-10-6-12(2,3)5-9(13)11(8)10/h8H,4-7H2,1-3H3. The second kappa shape index (κ2) is 3.11. The molecule has 0 aromatic rings. The van der Waals surface area contributed by atoms with E-state index in [0.29, 0.717) is 18.1 Å². The fraction of sp³-hybridized carbons (Fsp3) is 0.750. The Kier molecular flexibility index (Phi) is 2.17. The number of carbonyl (C=O) groups is 1. The van der Waals surface area contributed by atoms with Gasteiger partial charge in [0.25, 0.3) is 0 Å². The molecule has 2 heteroatoms. The largest absolute Gasteiger partial charge is 0.497 e. The monoisotopic (exact) mass is 194 g/mol. The van der Waals surface area contributed by atoms with Crippen LogP contribution >= 0.6 is 0 Å².